The van der Waals surface area contributed by atoms with Gasteiger partial charge in [-0.05, 0) is 49.2 Å². The van der Waals surface area contributed by atoms with Gasteiger partial charge in [-0.2, -0.15) is 13.7 Å². The zero-order chi connectivity index (χ0) is 20.3. The Bertz CT molecular complexity index is 1170. The predicted octanol–water partition coefficient (Wildman–Crippen LogP) is 4.30. The van der Waals surface area contributed by atoms with Crippen molar-refractivity contribution in [1.82, 2.24) is 4.98 Å². The van der Waals surface area contributed by atoms with Crippen molar-refractivity contribution < 1.29 is 13.0 Å². The molecule has 0 saturated carbocycles. The van der Waals surface area contributed by atoms with Gasteiger partial charge in [-0.15, -0.1) is 0 Å². The molecule has 0 atom stereocenters. The quantitative estimate of drug-likeness (QED) is 0.552. The van der Waals surface area contributed by atoms with Crippen molar-refractivity contribution >= 4 is 33.1 Å². The van der Waals surface area contributed by atoms with E-state index in [1.165, 1.54) is 18.2 Å². The summed E-state index contributed by atoms with van der Waals surface area (Å²) in [4.78, 5) is 4.20. The Morgan fingerprint density at radius 1 is 0.929 bits per heavy atom. The third kappa shape index (κ3) is 3.96. The smallest absolute Gasteiger partial charge is 0.296 e. The van der Waals surface area contributed by atoms with Crippen LogP contribution in [0.2, 0.25) is 0 Å². The molecule has 0 fully saturated rings. The Morgan fingerprint density at radius 2 is 1.57 bits per heavy atom. The van der Waals surface area contributed by atoms with Crippen molar-refractivity contribution in [3.05, 3.63) is 71.3 Å². The number of hydrogen-bond donors (Lipinski definition) is 3. The molecule has 0 spiro atoms. The van der Waals surface area contributed by atoms with Gasteiger partial charge in [0.15, 0.2) is 5.82 Å². The Labute approximate surface area is 163 Å². The first kappa shape index (κ1) is 19.4. The first-order valence-corrected chi connectivity index (χ1v) is 9.82. The summed E-state index contributed by atoms with van der Waals surface area (Å²) in [6.07, 6.45) is 0. The summed E-state index contributed by atoms with van der Waals surface area (Å²) < 4.78 is 32.7. The molecule has 7 nitrogen and oxygen atoms in total. The minimum Gasteiger partial charge on any atom is -0.340 e. The fraction of sp³-hybridized carbons (Fsp3) is 0.100. The molecule has 0 aliphatic heterocycles. The molecule has 8 heteroatoms. The molecule has 0 unspecified atom stereocenters. The van der Waals surface area contributed by atoms with Gasteiger partial charge in [-0.25, -0.2) is 4.98 Å². The van der Waals surface area contributed by atoms with Crippen LogP contribution in [0, 0.1) is 25.2 Å². The van der Waals surface area contributed by atoms with Crippen molar-refractivity contribution in [2.24, 2.45) is 0 Å². The summed E-state index contributed by atoms with van der Waals surface area (Å²) >= 11 is 0. The van der Waals surface area contributed by atoms with E-state index in [0.717, 1.165) is 11.3 Å². The number of nitriles is 1. The van der Waals surface area contributed by atoms with Crippen LogP contribution < -0.4 is 10.6 Å². The van der Waals surface area contributed by atoms with E-state index >= 15 is 0 Å². The lowest BCUT2D eigenvalue weighted by molar-refractivity contribution is 0.483. The normalized spacial score (nSPS) is 10.9. The SMILES string of the molecule is Cc1c(Nc2ccccc2)nc(Nc2ccccc2S(=O)(=O)O)c(C#N)c1C. The van der Waals surface area contributed by atoms with E-state index < -0.39 is 10.1 Å². The zero-order valence-electron chi connectivity index (χ0n) is 15.3. The van der Waals surface area contributed by atoms with Crippen LogP contribution in [0.15, 0.2) is 59.5 Å². The first-order valence-electron chi connectivity index (χ1n) is 8.38. The van der Waals surface area contributed by atoms with Crippen LogP contribution in [0.3, 0.4) is 0 Å². The minimum absolute atomic E-state index is 0.128. The Hall–Kier alpha value is -3.41. The van der Waals surface area contributed by atoms with E-state index in [-0.39, 0.29) is 16.4 Å². The molecule has 3 aromatic rings. The molecule has 1 aromatic heterocycles. The average molecular weight is 394 g/mol. The predicted molar refractivity (Wildman–Crippen MR) is 108 cm³/mol. The molecule has 0 amide bonds. The number of benzene rings is 2. The largest absolute Gasteiger partial charge is 0.340 e. The van der Waals surface area contributed by atoms with E-state index in [1.54, 1.807) is 13.0 Å². The van der Waals surface area contributed by atoms with Crippen LogP contribution in [0.4, 0.5) is 23.0 Å². The van der Waals surface area contributed by atoms with Gasteiger partial charge in [0.05, 0.1) is 11.3 Å². The highest BCUT2D eigenvalue weighted by Crippen LogP contribution is 2.31. The Balaban J connectivity index is 2.10. The second-order valence-corrected chi connectivity index (χ2v) is 7.52. The van der Waals surface area contributed by atoms with Gasteiger partial charge in [0.2, 0.25) is 0 Å². The second-order valence-electron chi connectivity index (χ2n) is 6.13. The molecule has 28 heavy (non-hydrogen) atoms. The molecule has 2 aromatic carbocycles. The highest BCUT2D eigenvalue weighted by molar-refractivity contribution is 7.86. The van der Waals surface area contributed by atoms with Gasteiger partial charge in [-0.3, -0.25) is 4.55 Å². The summed E-state index contributed by atoms with van der Waals surface area (Å²) in [6, 6.07) is 17.4. The van der Waals surface area contributed by atoms with Gasteiger partial charge in [0, 0.05) is 5.69 Å². The molecular weight excluding hydrogens is 376 g/mol. The summed E-state index contributed by atoms with van der Waals surface area (Å²) in [5.74, 6) is 0.731. The third-order valence-electron chi connectivity index (χ3n) is 4.32. The number of aromatic nitrogens is 1. The van der Waals surface area contributed by atoms with Gasteiger partial charge in [0.25, 0.3) is 10.1 Å². The van der Waals surface area contributed by atoms with Crippen LogP contribution in [0.5, 0.6) is 0 Å². The number of nitrogens with zero attached hydrogens (tertiary/aromatic N) is 2. The number of pyridine rings is 1. The molecule has 142 valence electrons. The van der Waals surface area contributed by atoms with Crippen molar-refractivity contribution in [3.8, 4) is 6.07 Å². The summed E-state index contributed by atoms with van der Waals surface area (Å²) in [7, 11) is -4.44. The van der Waals surface area contributed by atoms with E-state index in [4.69, 9.17) is 0 Å². The van der Waals surface area contributed by atoms with Crippen LogP contribution in [0.1, 0.15) is 16.7 Å². The van der Waals surface area contributed by atoms with Crippen molar-refractivity contribution in [1.29, 1.82) is 5.26 Å². The van der Waals surface area contributed by atoms with Gasteiger partial charge in [-0.1, -0.05) is 30.3 Å². The third-order valence-corrected chi connectivity index (χ3v) is 5.23. The monoisotopic (exact) mass is 394 g/mol. The number of hydrogen-bond acceptors (Lipinski definition) is 6. The number of nitrogens with one attached hydrogen (secondary N) is 2. The highest BCUT2D eigenvalue weighted by atomic mass is 32.2. The molecule has 0 saturated heterocycles. The molecular formula is C20H18N4O3S. The van der Waals surface area contributed by atoms with Gasteiger partial charge in [0.1, 0.15) is 16.8 Å². The second kappa shape index (κ2) is 7.68. The van der Waals surface area contributed by atoms with Crippen LogP contribution in [0.25, 0.3) is 0 Å². The number of para-hydroxylation sites is 2. The zero-order valence-corrected chi connectivity index (χ0v) is 16.1. The molecule has 0 aliphatic rings. The lowest BCUT2D eigenvalue weighted by Gasteiger charge is -2.17. The summed E-state index contributed by atoms with van der Waals surface area (Å²) in [5, 5.41) is 15.7. The molecule has 0 aliphatic carbocycles. The number of rotatable bonds is 5. The molecule has 0 bridgehead atoms. The van der Waals surface area contributed by atoms with Crippen molar-refractivity contribution in [3.63, 3.8) is 0 Å². The lowest BCUT2D eigenvalue weighted by Crippen LogP contribution is -2.08. The summed E-state index contributed by atoms with van der Waals surface area (Å²) in [6.45, 7) is 3.65. The van der Waals surface area contributed by atoms with E-state index in [9.17, 15) is 18.2 Å². The maximum absolute atomic E-state index is 11.6. The molecule has 1 heterocycles. The maximum atomic E-state index is 11.6. The standard InChI is InChI=1S/C20H18N4O3S/c1-13-14(2)19(22-15-8-4-3-5-9-15)24-20(16(13)12-21)23-17-10-6-7-11-18(17)28(25,26)27/h3-11H,1-2H3,(H2,22,23,24)(H,25,26,27). The van der Waals surface area contributed by atoms with E-state index in [2.05, 4.69) is 21.7 Å². The fourth-order valence-electron chi connectivity index (χ4n) is 2.72. The lowest BCUT2D eigenvalue weighted by atomic mass is 10.1. The molecule has 0 radical (unpaired) electrons. The minimum atomic E-state index is -4.44. The highest BCUT2D eigenvalue weighted by Gasteiger charge is 2.19. The van der Waals surface area contributed by atoms with Crippen LogP contribution in [-0.2, 0) is 10.1 Å². The van der Waals surface area contributed by atoms with Crippen LogP contribution in [-0.4, -0.2) is 18.0 Å². The summed E-state index contributed by atoms with van der Waals surface area (Å²) in [5.41, 5.74) is 2.76. The number of anilines is 4. The van der Waals surface area contributed by atoms with E-state index in [1.807, 2.05) is 37.3 Å². The van der Waals surface area contributed by atoms with E-state index in [0.29, 0.717) is 16.9 Å². The van der Waals surface area contributed by atoms with Crippen LogP contribution >= 0.6 is 0 Å². The molecule has 3 N–H and O–H groups in total. The molecule has 3 rings (SSSR count). The average Bonchev–Trinajstić information content (AvgIpc) is 2.66. The topological polar surface area (TPSA) is 115 Å². The first-order chi connectivity index (χ1) is 13.3. The van der Waals surface area contributed by atoms with Gasteiger partial charge < -0.3 is 10.6 Å². The maximum Gasteiger partial charge on any atom is 0.296 e. The van der Waals surface area contributed by atoms with Crippen molar-refractivity contribution in [2.75, 3.05) is 10.6 Å². The fourth-order valence-corrected chi connectivity index (χ4v) is 3.37. The Morgan fingerprint density at radius 3 is 2.21 bits per heavy atom. The van der Waals surface area contributed by atoms with Gasteiger partial charge >= 0.3 is 0 Å². The van der Waals surface area contributed by atoms with Crippen molar-refractivity contribution in [2.45, 2.75) is 18.7 Å². The Kier molecular flexibility index (Phi) is 5.31.